The van der Waals surface area contributed by atoms with Crippen molar-refractivity contribution < 1.29 is 22.8 Å². The molecule has 0 spiro atoms. The average Bonchev–Trinajstić information content (AvgIpc) is 3.44. The third kappa shape index (κ3) is 5.20. The first-order valence-electron chi connectivity index (χ1n) is 9.22. The van der Waals surface area contributed by atoms with Crippen LogP contribution in [0.2, 0.25) is 5.02 Å². The van der Waals surface area contributed by atoms with Crippen LogP contribution < -0.4 is 14.9 Å². The number of morpholine rings is 1. The topological polar surface area (TPSA) is 88.9 Å². The number of rotatable bonds is 7. The standard InChI is InChI=1S/C18H26ClN3O4S/c1-18(2,22-7-9-26-10-8-22)12-20-17(23)13-3-6-15(19)16(11-13)27(24,25)21-14-4-5-14/h3,6,11,14,21H,4-5,7-10,12H2,1-2H3,(H,20,23)/p+1. The Labute approximate surface area is 165 Å². The minimum atomic E-state index is -3.72. The van der Waals surface area contributed by atoms with E-state index in [1.807, 2.05) is 0 Å². The molecule has 27 heavy (non-hydrogen) atoms. The van der Waals surface area contributed by atoms with Crippen molar-refractivity contribution in [2.75, 3.05) is 32.8 Å². The van der Waals surface area contributed by atoms with E-state index in [0.717, 1.165) is 39.1 Å². The fourth-order valence-corrected chi connectivity index (χ4v) is 4.99. The van der Waals surface area contributed by atoms with Crippen molar-refractivity contribution in [2.45, 2.75) is 43.2 Å². The summed E-state index contributed by atoms with van der Waals surface area (Å²) >= 11 is 6.07. The molecular formula is C18H27ClN3O4S+. The van der Waals surface area contributed by atoms with E-state index in [1.54, 1.807) is 6.07 Å². The van der Waals surface area contributed by atoms with Crippen LogP contribution in [0.3, 0.4) is 0 Å². The van der Waals surface area contributed by atoms with Crippen LogP contribution in [0.5, 0.6) is 0 Å². The second kappa shape index (κ2) is 8.05. The van der Waals surface area contributed by atoms with E-state index in [1.165, 1.54) is 17.0 Å². The molecule has 3 N–H and O–H groups in total. The molecule has 1 aliphatic carbocycles. The van der Waals surface area contributed by atoms with Gasteiger partial charge in [-0.2, -0.15) is 0 Å². The van der Waals surface area contributed by atoms with Crippen molar-refractivity contribution in [3.63, 3.8) is 0 Å². The van der Waals surface area contributed by atoms with Gasteiger partial charge in [-0.1, -0.05) is 11.6 Å². The van der Waals surface area contributed by atoms with Crippen LogP contribution in [0.25, 0.3) is 0 Å². The lowest BCUT2D eigenvalue weighted by Crippen LogP contribution is -3.22. The van der Waals surface area contributed by atoms with Gasteiger partial charge in [0.1, 0.15) is 23.5 Å². The first-order chi connectivity index (χ1) is 12.7. The van der Waals surface area contributed by atoms with Crippen molar-refractivity contribution in [3.8, 4) is 0 Å². The summed E-state index contributed by atoms with van der Waals surface area (Å²) in [6.07, 6.45) is 1.66. The summed E-state index contributed by atoms with van der Waals surface area (Å²) in [4.78, 5) is 13.9. The van der Waals surface area contributed by atoms with Gasteiger partial charge in [0.2, 0.25) is 10.0 Å². The third-order valence-electron chi connectivity index (χ3n) is 5.13. The van der Waals surface area contributed by atoms with E-state index in [0.29, 0.717) is 6.54 Å². The number of nitrogens with one attached hydrogen (secondary N) is 3. The molecular weight excluding hydrogens is 390 g/mol. The number of carbonyl (C=O) groups is 1. The van der Waals surface area contributed by atoms with Crippen molar-refractivity contribution >= 4 is 27.5 Å². The SMILES string of the molecule is CC(C)(CNC(=O)c1ccc(Cl)c(S(=O)(=O)NC2CC2)c1)[NH+]1CCOCC1. The lowest BCUT2D eigenvalue weighted by molar-refractivity contribution is -0.954. The Morgan fingerprint density at radius 2 is 1.96 bits per heavy atom. The molecule has 0 aromatic heterocycles. The maximum absolute atomic E-state index is 12.6. The highest BCUT2D eigenvalue weighted by atomic mass is 35.5. The highest BCUT2D eigenvalue weighted by Gasteiger charge is 2.33. The lowest BCUT2D eigenvalue weighted by atomic mass is 10.0. The average molecular weight is 417 g/mol. The summed E-state index contributed by atoms with van der Waals surface area (Å²) in [7, 11) is -3.72. The molecule has 7 nitrogen and oxygen atoms in total. The Balaban J connectivity index is 1.68. The number of hydrogen-bond acceptors (Lipinski definition) is 4. The molecule has 2 fully saturated rings. The van der Waals surface area contributed by atoms with Gasteiger partial charge in [-0.05, 0) is 44.9 Å². The van der Waals surface area contributed by atoms with E-state index >= 15 is 0 Å². The molecule has 2 aliphatic rings. The maximum Gasteiger partial charge on any atom is 0.251 e. The Morgan fingerprint density at radius 3 is 2.59 bits per heavy atom. The zero-order valence-corrected chi connectivity index (χ0v) is 17.3. The maximum atomic E-state index is 12.6. The predicted molar refractivity (Wildman–Crippen MR) is 103 cm³/mol. The quantitative estimate of drug-likeness (QED) is 0.592. The minimum Gasteiger partial charge on any atom is -0.370 e. The van der Waals surface area contributed by atoms with Gasteiger partial charge in [0.15, 0.2) is 0 Å². The summed E-state index contributed by atoms with van der Waals surface area (Å²) < 4.78 is 32.9. The Morgan fingerprint density at radius 1 is 1.30 bits per heavy atom. The smallest absolute Gasteiger partial charge is 0.251 e. The van der Waals surface area contributed by atoms with E-state index in [2.05, 4.69) is 23.9 Å². The fourth-order valence-electron chi connectivity index (χ4n) is 3.16. The number of carbonyl (C=O) groups excluding carboxylic acids is 1. The number of hydrogen-bond donors (Lipinski definition) is 3. The molecule has 9 heteroatoms. The summed E-state index contributed by atoms with van der Waals surface area (Å²) in [6, 6.07) is 4.32. The highest BCUT2D eigenvalue weighted by Crippen LogP contribution is 2.26. The lowest BCUT2D eigenvalue weighted by Gasteiger charge is -2.37. The zero-order valence-electron chi connectivity index (χ0n) is 15.7. The van der Waals surface area contributed by atoms with Crippen molar-refractivity contribution in [2.24, 2.45) is 0 Å². The van der Waals surface area contributed by atoms with Crippen LogP contribution in [0.15, 0.2) is 23.1 Å². The summed E-state index contributed by atoms with van der Waals surface area (Å²) in [5, 5.41) is 3.04. The summed E-state index contributed by atoms with van der Waals surface area (Å²) in [5.41, 5.74) is 0.136. The van der Waals surface area contributed by atoms with Crippen LogP contribution >= 0.6 is 11.6 Å². The molecule has 0 atom stereocenters. The molecule has 0 bridgehead atoms. The molecule has 1 aromatic rings. The first kappa shape index (κ1) is 20.5. The first-order valence-corrected chi connectivity index (χ1v) is 11.1. The van der Waals surface area contributed by atoms with E-state index in [9.17, 15) is 13.2 Å². The van der Waals surface area contributed by atoms with Crippen LogP contribution in [-0.2, 0) is 14.8 Å². The molecule has 0 radical (unpaired) electrons. The highest BCUT2D eigenvalue weighted by molar-refractivity contribution is 7.89. The van der Waals surface area contributed by atoms with Gasteiger partial charge >= 0.3 is 0 Å². The van der Waals surface area contributed by atoms with Gasteiger partial charge in [0.05, 0.1) is 24.8 Å². The van der Waals surface area contributed by atoms with Gasteiger partial charge in [-0.3, -0.25) is 4.79 Å². The number of ether oxygens (including phenoxy) is 1. The predicted octanol–water partition coefficient (Wildman–Crippen LogP) is 0.204. The van der Waals surface area contributed by atoms with E-state index in [-0.39, 0.29) is 33.0 Å². The van der Waals surface area contributed by atoms with Crippen LogP contribution in [0.1, 0.15) is 37.0 Å². The normalized spacial score (nSPS) is 19.1. The monoisotopic (exact) mass is 416 g/mol. The van der Waals surface area contributed by atoms with Gasteiger partial charge in [0.25, 0.3) is 5.91 Å². The summed E-state index contributed by atoms with van der Waals surface area (Å²) in [5.74, 6) is -0.310. The van der Waals surface area contributed by atoms with E-state index in [4.69, 9.17) is 16.3 Å². The van der Waals surface area contributed by atoms with Crippen LogP contribution in [-0.4, -0.2) is 58.8 Å². The number of halogens is 1. The molecule has 1 saturated carbocycles. The zero-order chi connectivity index (χ0) is 19.7. The number of sulfonamides is 1. The second-order valence-corrected chi connectivity index (χ2v) is 9.91. The Bertz CT molecular complexity index is 803. The largest absolute Gasteiger partial charge is 0.370 e. The van der Waals surface area contributed by atoms with Crippen molar-refractivity contribution in [1.29, 1.82) is 0 Å². The fraction of sp³-hybridized carbons (Fsp3) is 0.611. The van der Waals surface area contributed by atoms with Crippen LogP contribution in [0.4, 0.5) is 0 Å². The van der Waals surface area contributed by atoms with Gasteiger partial charge in [-0.15, -0.1) is 0 Å². The van der Waals surface area contributed by atoms with Crippen molar-refractivity contribution in [3.05, 3.63) is 28.8 Å². The minimum absolute atomic E-state index is 0.0270. The number of quaternary nitrogens is 1. The molecule has 3 rings (SSSR count). The molecule has 150 valence electrons. The Kier molecular flexibility index (Phi) is 6.12. The molecule has 1 aromatic carbocycles. The van der Waals surface area contributed by atoms with Gasteiger partial charge in [0, 0.05) is 11.6 Å². The van der Waals surface area contributed by atoms with Gasteiger partial charge < -0.3 is 15.0 Å². The molecule has 1 heterocycles. The molecule has 1 amide bonds. The number of benzene rings is 1. The molecule has 0 unspecified atom stereocenters. The van der Waals surface area contributed by atoms with E-state index < -0.39 is 10.0 Å². The van der Waals surface area contributed by atoms with Crippen LogP contribution in [0, 0.1) is 0 Å². The molecule has 1 saturated heterocycles. The van der Waals surface area contributed by atoms with Gasteiger partial charge in [-0.25, -0.2) is 13.1 Å². The van der Waals surface area contributed by atoms with Crippen molar-refractivity contribution in [1.82, 2.24) is 10.0 Å². The number of amides is 1. The third-order valence-corrected chi connectivity index (χ3v) is 7.13. The summed E-state index contributed by atoms with van der Waals surface area (Å²) in [6.45, 7) is 7.93. The Hall–Kier alpha value is -1.19. The molecule has 1 aliphatic heterocycles. The second-order valence-electron chi connectivity index (χ2n) is 7.82.